The van der Waals surface area contributed by atoms with E-state index < -0.39 is 0 Å². The Balaban J connectivity index is 1.29. The van der Waals surface area contributed by atoms with Gasteiger partial charge in [-0.25, -0.2) is 9.97 Å². The van der Waals surface area contributed by atoms with E-state index in [0.29, 0.717) is 6.42 Å². The first kappa shape index (κ1) is 26.9. The van der Waals surface area contributed by atoms with Crippen molar-refractivity contribution in [3.05, 3.63) is 65.5 Å². The standard InChI is InChI=1S/C30H38BN7O2/c1-29(2)30(3,4)40-31(39-29)22-11-8-20(9-12-22)28-26-24(35-37(28)7)13-10-21-19-32-25(33-27(21)26)18-23-14-15-38(34-23)17-16-36(5)6/h8-9,11-12,14-15,19H,10,13,16-18H2,1-7H3. The van der Waals surface area contributed by atoms with E-state index in [1.807, 2.05) is 28.8 Å². The van der Waals surface area contributed by atoms with Gasteiger partial charge in [0.25, 0.3) is 0 Å². The quantitative estimate of drug-likeness (QED) is 0.334. The summed E-state index contributed by atoms with van der Waals surface area (Å²) in [5, 5.41) is 9.64. The van der Waals surface area contributed by atoms with Crippen molar-refractivity contribution in [1.29, 1.82) is 0 Å². The number of rotatable bonds is 7. The van der Waals surface area contributed by atoms with Gasteiger partial charge in [-0.05, 0) is 71.7 Å². The van der Waals surface area contributed by atoms with E-state index in [0.717, 1.165) is 76.7 Å². The van der Waals surface area contributed by atoms with Gasteiger partial charge in [-0.2, -0.15) is 10.2 Å². The summed E-state index contributed by atoms with van der Waals surface area (Å²) < 4.78 is 16.5. The Hall–Kier alpha value is -3.34. The maximum atomic E-state index is 6.26. The Morgan fingerprint density at radius 2 is 1.70 bits per heavy atom. The van der Waals surface area contributed by atoms with Gasteiger partial charge in [-0.3, -0.25) is 9.36 Å². The van der Waals surface area contributed by atoms with Crippen molar-refractivity contribution in [2.75, 3.05) is 20.6 Å². The number of hydrogen-bond donors (Lipinski definition) is 0. The summed E-state index contributed by atoms with van der Waals surface area (Å²) in [6, 6.07) is 10.5. The molecule has 0 atom stereocenters. The summed E-state index contributed by atoms with van der Waals surface area (Å²) in [5.74, 6) is 0.773. The number of fused-ring (bicyclic) bond motifs is 3. The lowest BCUT2D eigenvalue weighted by atomic mass is 9.78. The van der Waals surface area contributed by atoms with Crippen LogP contribution in [0.4, 0.5) is 0 Å². The molecule has 3 aromatic heterocycles. The molecule has 0 saturated carbocycles. The minimum atomic E-state index is -0.387. The molecule has 0 N–H and O–H groups in total. The molecule has 9 nitrogen and oxygen atoms in total. The second-order valence-corrected chi connectivity index (χ2v) is 12.2. The van der Waals surface area contributed by atoms with Crippen LogP contribution < -0.4 is 5.46 Å². The number of hydrogen-bond acceptors (Lipinski definition) is 7. The average molecular weight is 539 g/mol. The van der Waals surface area contributed by atoms with Crippen molar-refractivity contribution < 1.29 is 9.31 Å². The molecule has 1 saturated heterocycles. The Bertz CT molecular complexity index is 1520. The van der Waals surface area contributed by atoms with Crippen LogP contribution in [0.15, 0.2) is 42.7 Å². The Kier molecular flexibility index (Phi) is 6.68. The van der Waals surface area contributed by atoms with E-state index in [-0.39, 0.29) is 18.3 Å². The fourth-order valence-corrected chi connectivity index (χ4v) is 5.38. The van der Waals surface area contributed by atoms with Crippen molar-refractivity contribution in [3.8, 4) is 22.5 Å². The van der Waals surface area contributed by atoms with E-state index >= 15 is 0 Å². The molecule has 2 aliphatic rings. The topological polar surface area (TPSA) is 83.1 Å². The Morgan fingerprint density at radius 3 is 2.40 bits per heavy atom. The number of likely N-dealkylation sites (N-methyl/N-ethyl adjacent to an activating group) is 1. The lowest BCUT2D eigenvalue weighted by Gasteiger charge is -2.32. The van der Waals surface area contributed by atoms with Gasteiger partial charge in [0.15, 0.2) is 0 Å². The van der Waals surface area contributed by atoms with Crippen LogP contribution >= 0.6 is 0 Å². The SMILES string of the molecule is CN(C)CCn1ccc(Cc2ncc3c(n2)-c2c(nn(C)c2-c2ccc(B4OC(C)(C)C(C)(C)O4)cc2)CC3)n1. The number of benzene rings is 1. The molecule has 1 aromatic carbocycles. The number of aromatic nitrogens is 6. The van der Waals surface area contributed by atoms with Gasteiger partial charge in [0.05, 0.1) is 46.9 Å². The van der Waals surface area contributed by atoms with Crippen LogP contribution in [0.25, 0.3) is 22.5 Å². The first-order valence-electron chi connectivity index (χ1n) is 14.0. The summed E-state index contributed by atoms with van der Waals surface area (Å²) in [5.41, 5.74) is 7.72. The molecule has 0 bridgehead atoms. The molecule has 1 aliphatic heterocycles. The highest BCUT2D eigenvalue weighted by molar-refractivity contribution is 6.62. The average Bonchev–Trinajstić information content (AvgIpc) is 3.55. The zero-order chi connectivity index (χ0) is 28.2. The molecule has 0 amide bonds. The zero-order valence-corrected chi connectivity index (χ0v) is 24.6. The van der Waals surface area contributed by atoms with Crippen molar-refractivity contribution in [2.24, 2.45) is 7.05 Å². The Morgan fingerprint density at radius 1 is 0.975 bits per heavy atom. The van der Waals surface area contributed by atoms with Crippen LogP contribution in [0.5, 0.6) is 0 Å². The van der Waals surface area contributed by atoms with Gasteiger partial charge >= 0.3 is 7.12 Å². The largest absolute Gasteiger partial charge is 0.494 e. The van der Waals surface area contributed by atoms with E-state index in [4.69, 9.17) is 29.5 Å². The lowest BCUT2D eigenvalue weighted by Crippen LogP contribution is -2.41. The summed E-state index contributed by atoms with van der Waals surface area (Å²) in [6.45, 7) is 10.1. The lowest BCUT2D eigenvalue weighted by molar-refractivity contribution is 0.00578. The monoisotopic (exact) mass is 539 g/mol. The molecule has 1 fully saturated rings. The molecule has 4 aromatic rings. The van der Waals surface area contributed by atoms with Gasteiger partial charge < -0.3 is 14.2 Å². The van der Waals surface area contributed by atoms with Crippen molar-refractivity contribution in [3.63, 3.8) is 0 Å². The molecule has 40 heavy (non-hydrogen) atoms. The maximum Gasteiger partial charge on any atom is 0.494 e. The molecule has 10 heteroatoms. The van der Waals surface area contributed by atoms with E-state index in [2.05, 4.69) is 77.0 Å². The third-order valence-corrected chi connectivity index (χ3v) is 8.42. The second-order valence-electron chi connectivity index (χ2n) is 12.2. The van der Waals surface area contributed by atoms with Crippen molar-refractivity contribution in [1.82, 2.24) is 34.4 Å². The van der Waals surface area contributed by atoms with Crippen LogP contribution in [0, 0.1) is 0 Å². The molecule has 6 rings (SSSR count). The zero-order valence-electron chi connectivity index (χ0n) is 24.6. The van der Waals surface area contributed by atoms with E-state index in [1.54, 1.807) is 0 Å². The fourth-order valence-electron chi connectivity index (χ4n) is 5.38. The van der Waals surface area contributed by atoms with E-state index in [1.165, 1.54) is 0 Å². The maximum absolute atomic E-state index is 6.26. The van der Waals surface area contributed by atoms with Gasteiger partial charge in [0.2, 0.25) is 0 Å². The summed E-state index contributed by atoms with van der Waals surface area (Å²) >= 11 is 0. The predicted molar refractivity (Wildman–Crippen MR) is 156 cm³/mol. The normalized spacial score (nSPS) is 17.4. The highest BCUT2D eigenvalue weighted by Crippen LogP contribution is 2.40. The molecule has 4 heterocycles. The molecule has 1 aliphatic carbocycles. The number of aryl methyl sites for hydroxylation is 3. The molecule has 0 unspecified atom stereocenters. The van der Waals surface area contributed by atoms with Gasteiger partial charge in [-0.15, -0.1) is 0 Å². The van der Waals surface area contributed by atoms with Gasteiger partial charge in [-0.1, -0.05) is 24.3 Å². The van der Waals surface area contributed by atoms with Crippen LogP contribution in [-0.2, 0) is 42.2 Å². The van der Waals surface area contributed by atoms with Gasteiger partial charge in [0, 0.05) is 37.1 Å². The molecule has 0 radical (unpaired) electrons. The van der Waals surface area contributed by atoms with Gasteiger partial charge in [0.1, 0.15) is 5.82 Å². The van der Waals surface area contributed by atoms with Crippen molar-refractivity contribution >= 4 is 12.6 Å². The minimum Gasteiger partial charge on any atom is -0.399 e. The van der Waals surface area contributed by atoms with Crippen LogP contribution in [0.2, 0.25) is 0 Å². The first-order valence-corrected chi connectivity index (χ1v) is 14.0. The van der Waals surface area contributed by atoms with Crippen molar-refractivity contribution in [2.45, 2.75) is 64.7 Å². The summed E-state index contributed by atoms with van der Waals surface area (Å²) in [6.07, 6.45) is 6.37. The van der Waals surface area contributed by atoms with Crippen LogP contribution in [0.3, 0.4) is 0 Å². The van der Waals surface area contributed by atoms with E-state index in [9.17, 15) is 0 Å². The molecular weight excluding hydrogens is 501 g/mol. The number of nitrogens with zero attached hydrogens (tertiary/aromatic N) is 7. The smallest absolute Gasteiger partial charge is 0.399 e. The summed E-state index contributed by atoms with van der Waals surface area (Å²) in [7, 11) is 5.76. The molecule has 0 spiro atoms. The predicted octanol–water partition coefficient (Wildman–Crippen LogP) is 3.29. The summed E-state index contributed by atoms with van der Waals surface area (Å²) in [4.78, 5) is 11.9. The molecular formula is C30H38BN7O2. The third kappa shape index (κ3) is 4.89. The van der Waals surface area contributed by atoms with Crippen LogP contribution in [0.1, 0.15) is 50.5 Å². The minimum absolute atomic E-state index is 0.372. The highest BCUT2D eigenvalue weighted by Gasteiger charge is 2.51. The second kappa shape index (κ2) is 9.94. The first-order chi connectivity index (χ1) is 19.0. The van der Waals surface area contributed by atoms with Crippen LogP contribution in [-0.4, -0.2) is 73.4 Å². The molecule has 208 valence electrons. The third-order valence-electron chi connectivity index (χ3n) is 8.42. The fraction of sp³-hybridized carbons (Fsp3) is 0.467. The Labute approximate surface area is 236 Å². The highest BCUT2D eigenvalue weighted by atomic mass is 16.7.